The molecule has 2 saturated carbocycles. The fraction of sp³-hybridized carbons (Fsp3) is 0.741. The number of carbonyl (C=O) groups excluding carboxylic acids is 2. The van der Waals surface area contributed by atoms with Crippen molar-refractivity contribution in [1.29, 1.82) is 0 Å². The number of nitrogens with zero attached hydrogens (tertiary/aromatic N) is 3. The number of hydrogen-bond donors (Lipinski definition) is 2. The second-order valence-electron chi connectivity index (χ2n) is 11.4. The minimum absolute atomic E-state index is 0.0242. The van der Waals surface area contributed by atoms with Crippen LogP contribution in [0.5, 0.6) is 0 Å². The highest BCUT2D eigenvalue weighted by atomic mass is 16.5. The van der Waals surface area contributed by atoms with E-state index in [2.05, 4.69) is 30.5 Å². The predicted molar refractivity (Wildman–Crippen MR) is 135 cm³/mol. The summed E-state index contributed by atoms with van der Waals surface area (Å²) < 4.78 is 5.53. The second-order valence-corrected chi connectivity index (χ2v) is 11.4. The van der Waals surface area contributed by atoms with Gasteiger partial charge in [-0.15, -0.1) is 0 Å². The summed E-state index contributed by atoms with van der Waals surface area (Å²) in [6.07, 6.45) is 7.30. The molecule has 2 saturated heterocycles. The fourth-order valence-electron chi connectivity index (χ4n) is 5.41. The summed E-state index contributed by atoms with van der Waals surface area (Å²) >= 11 is 0. The molecule has 2 aliphatic carbocycles. The van der Waals surface area contributed by atoms with Crippen LogP contribution in [0, 0.1) is 11.8 Å². The van der Waals surface area contributed by atoms with Crippen LogP contribution in [0.4, 0.5) is 5.69 Å². The highest BCUT2D eigenvalue weighted by Crippen LogP contribution is 2.41. The summed E-state index contributed by atoms with van der Waals surface area (Å²) in [6, 6.07) is 2.66. The highest BCUT2D eigenvalue weighted by molar-refractivity contribution is 5.98. The molecule has 2 aliphatic heterocycles. The van der Waals surface area contributed by atoms with E-state index in [9.17, 15) is 9.59 Å². The van der Waals surface area contributed by atoms with E-state index in [1.54, 1.807) is 0 Å². The van der Waals surface area contributed by atoms with Crippen LogP contribution in [-0.4, -0.2) is 84.1 Å². The molecule has 0 aromatic carbocycles. The van der Waals surface area contributed by atoms with E-state index in [-0.39, 0.29) is 29.8 Å². The van der Waals surface area contributed by atoms with E-state index in [4.69, 9.17) is 9.72 Å². The molecule has 4 aliphatic rings. The lowest BCUT2D eigenvalue weighted by atomic mass is 9.92. The Morgan fingerprint density at radius 1 is 1.26 bits per heavy atom. The maximum Gasteiger partial charge on any atom is 0.274 e. The summed E-state index contributed by atoms with van der Waals surface area (Å²) in [6.45, 7) is 10.2. The molecule has 0 bridgehead atoms. The third-order valence-electron chi connectivity index (χ3n) is 7.69. The van der Waals surface area contributed by atoms with Crippen molar-refractivity contribution in [3.05, 3.63) is 23.5 Å². The number of anilines is 1. The molecule has 2 amide bonds. The molecule has 1 aromatic heterocycles. The van der Waals surface area contributed by atoms with Crippen LogP contribution >= 0.6 is 0 Å². The fourth-order valence-corrected chi connectivity index (χ4v) is 5.41. The predicted octanol–water partition coefficient (Wildman–Crippen LogP) is 2.86. The zero-order chi connectivity index (χ0) is 24.5. The Morgan fingerprint density at radius 2 is 2.06 bits per heavy atom. The second kappa shape index (κ2) is 10.4. The van der Waals surface area contributed by atoms with Gasteiger partial charge in [0.1, 0.15) is 0 Å². The van der Waals surface area contributed by atoms with Gasteiger partial charge in [-0.2, -0.15) is 0 Å². The summed E-state index contributed by atoms with van der Waals surface area (Å²) in [4.78, 5) is 36.1. The number of carbonyl (C=O) groups is 2. The van der Waals surface area contributed by atoms with Gasteiger partial charge in [0.25, 0.3) is 5.91 Å². The van der Waals surface area contributed by atoms with Crippen molar-refractivity contribution in [2.24, 2.45) is 11.8 Å². The lowest BCUT2D eigenvalue weighted by Gasteiger charge is -2.41. The van der Waals surface area contributed by atoms with Gasteiger partial charge in [-0.1, -0.05) is 13.8 Å². The SMILES string of the molecule is CC(C)CN(C(=O)c1ncc(C2CC2)cc1NC1CC1)C1CNC[C@H](C(=O)N2CCOC[C@@H]2C)C1. The van der Waals surface area contributed by atoms with Gasteiger partial charge in [-0.25, -0.2) is 4.98 Å². The molecule has 1 aromatic rings. The molecule has 5 rings (SSSR count). The van der Waals surface area contributed by atoms with Crippen LogP contribution in [0.3, 0.4) is 0 Å². The first-order valence-corrected chi connectivity index (χ1v) is 13.6. The standard InChI is InChI=1S/C27H41N5O3/c1-17(2)15-32(23-10-21(12-28-14-23)26(33)31-8-9-35-16-18(31)3)27(34)25-24(30-22-6-7-22)11-20(13-29-25)19-4-5-19/h11,13,17-19,21-23,28,30H,4-10,12,14-16H2,1-3H3/t18-,21+,23?/m0/s1. The maximum atomic E-state index is 14.0. The minimum Gasteiger partial charge on any atom is -0.380 e. The zero-order valence-electron chi connectivity index (χ0n) is 21.5. The van der Waals surface area contributed by atoms with Crippen LogP contribution < -0.4 is 10.6 Å². The molecule has 0 spiro atoms. The number of pyridine rings is 1. The molecule has 8 heteroatoms. The van der Waals surface area contributed by atoms with Gasteiger partial charge in [0.15, 0.2) is 5.69 Å². The van der Waals surface area contributed by atoms with E-state index < -0.39 is 0 Å². The number of piperidine rings is 1. The number of nitrogens with one attached hydrogen (secondary N) is 2. The first-order valence-electron chi connectivity index (χ1n) is 13.6. The molecule has 35 heavy (non-hydrogen) atoms. The number of aromatic nitrogens is 1. The minimum atomic E-state index is -0.133. The third kappa shape index (κ3) is 5.80. The number of rotatable bonds is 8. The number of morpholine rings is 1. The first-order chi connectivity index (χ1) is 16.9. The molecule has 0 radical (unpaired) electrons. The van der Waals surface area contributed by atoms with Gasteiger partial charge in [-0.3, -0.25) is 9.59 Å². The summed E-state index contributed by atoms with van der Waals surface area (Å²) in [5.41, 5.74) is 2.65. The Hall–Kier alpha value is -2.19. The van der Waals surface area contributed by atoms with Crippen LogP contribution in [-0.2, 0) is 9.53 Å². The molecule has 1 unspecified atom stereocenters. The first kappa shape index (κ1) is 24.5. The molecule has 192 valence electrons. The smallest absolute Gasteiger partial charge is 0.274 e. The largest absolute Gasteiger partial charge is 0.380 e. The van der Waals surface area contributed by atoms with Gasteiger partial charge in [-0.05, 0) is 62.5 Å². The zero-order valence-corrected chi connectivity index (χ0v) is 21.5. The van der Waals surface area contributed by atoms with E-state index >= 15 is 0 Å². The Balaban J connectivity index is 1.35. The van der Waals surface area contributed by atoms with Gasteiger partial charge in [0, 0.05) is 44.5 Å². The Kier molecular flexibility index (Phi) is 7.30. The van der Waals surface area contributed by atoms with E-state index in [1.165, 1.54) is 18.4 Å². The lowest BCUT2D eigenvalue weighted by Crippen LogP contribution is -2.57. The average molecular weight is 484 g/mol. The van der Waals surface area contributed by atoms with E-state index in [1.807, 2.05) is 22.9 Å². The van der Waals surface area contributed by atoms with Crippen molar-refractivity contribution in [1.82, 2.24) is 20.1 Å². The highest BCUT2D eigenvalue weighted by Gasteiger charge is 2.38. The van der Waals surface area contributed by atoms with Crippen LogP contribution in [0.2, 0.25) is 0 Å². The topological polar surface area (TPSA) is 86.8 Å². The van der Waals surface area contributed by atoms with Crippen molar-refractivity contribution in [2.75, 3.05) is 44.7 Å². The molecule has 4 fully saturated rings. The van der Waals surface area contributed by atoms with E-state index in [0.717, 1.165) is 18.5 Å². The molecule has 3 heterocycles. The Bertz CT molecular complexity index is 929. The van der Waals surface area contributed by atoms with Gasteiger partial charge >= 0.3 is 0 Å². The third-order valence-corrected chi connectivity index (χ3v) is 7.69. The summed E-state index contributed by atoms with van der Waals surface area (Å²) in [5, 5.41) is 7.04. The molecular formula is C27H41N5O3. The maximum absolute atomic E-state index is 14.0. The van der Waals surface area contributed by atoms with Gasteiger partial charge in [0.2, 0.25) is 5.91 Å². The number of amides is 2. The van der Waals surface area contributed by atoms with Crippen molar-refractivity contribution >= 4 is 17.5 Å². The van der Waals surface area contributed by atoms with E-state index in [0.29, 0.717) is 69.4 Å². The quantitative estimate of drug-likeness (QED) is 0.591. The summed E-state index contributed by atoms with van der Waals surface area (Å²) in [5.74, 6) is 0.933. The van der Waals surface area contributed by atoms with Crippen molar-refractivity contribution in [3.8, 4) is 0 Å². The van der Waals surface area contributed by atoms with Crippen molar-refractivity contribution < 1.29 is 14.3 Å². The lowest BCUT2D eigenvalue weighted by molar-refractivity contribution is -0.144. The van der Waals surface area contributed by atoms with Crippen LogP contribution in [0.15, 0.2) is 12.3 Å². The molecule has 2 N–H and O–H groups in total. The molecule has 8 nitrogen and oxygen atoms in total. The normalized spacial score (nSPS) is 27.1. The molecule has 3 atom stereocenters. The van der Waals surface area contributed by atoms with Crippen LogP contribution in [0.1, 0.15) is 74.8 Å². The number of ether oxygens (including phenoxy) is 1. The Labute approximate surface area is 209 Å². The number of hydrogen-bond acceptors (Lipinski definition) is 6. The van der Waals surface area contributed by atoms with Gasteiger partial charge in [0.05, 0.1) is 30.9 Å². The van der Waals surface area contributed by atoms with Gasteiger partial charge < -0.3 is 25.2 Å². The molecular weight excluding hydrogens is 442 g/mol. The monoisotopic (exact) mass is 483 g/mol. The average Bonchev–Trinajstić information content (AvgIpc) is 3.77. The van der Waals surface area contributed by atoms with Crippen molar-refractivity contribution in [3.63, 3.8) is 0 Å². The Morgan fingerprint density at radius 3 is 2.74 bits per heavy atom. The van der Waals surface area contributed by atoms with Crippen LogP contribution in [0.25, 0.3) is 0 Å². The van der Waals surface area contributed by atoms with Crippen molar-refractivity contribution in [2.45, 2.75) is 76.9 Å². The summed E-state index contributed by atoms with van der Waals surface area (Å²) in [7, 11) is 0.